The minimum atomic E-state index is -2.87. The molecule has 0 aliphatic rings. The van der Waals surface area contributed by atoms with Crippen molar-refractivity contribution in [2.45, 2.75) is 39.5 Å². The van der Waals surface area contributed by atoms with Gasteiger partial charge in [0.1, 0.15) is 5.75 Å². The van der Waals surface area contributed by atoms with E-state index in [-0.39, 0.29) is 24.1 Å². The smallest absolute Gasteiger partial charge is 0.387 e. The molecule has 2 aromatic rings. The fourth-order valence-electron chi connectivity index (χ4n) is 3.14. The zero-order chi connectivity index (χ0) is 23.0. The monoisotopic (exact) mass is 433 g/mol. The van der Waals surface area contributed by atoms with Gasteiger partial charge in [-0.25, -0.2) is 0 Å². The molecular formula is C23H29F2N3O3. The van der Waals surface area contributed by atoms with Gasteiger partial charge in [0.2, 0.25) is 11.8 Å². The number of rotatable bonds is 10. The molecule has 0 saturated carbocycles. The summed E-state index contributed by atoms with van der Waals surface area (Å²) in [5, 5.41) is 2.86. The lowest BCUT2D eigenvalue weighted by atomic mass is 10.1. The van der Waals surface area contributed by atoms with Crippen LogP contribution >= 0.6 is 0 Å². The minimum absolute atomic E-state index is 0.0608. The maximum Gasteiger partial charge on any atom is 0.387 e. The third-order valence-corrected chi connectivity index (χ3v) is 5.03. The molecule has 2 aromatic carbocycles. The number of aryl methyl sites for hydroxylation is 1. The maximum absolute atomic E-state index is 12.8. The van der Waals surface area contributed by atoms with Gasteiger partial charge in [-0.3, -0.25) is 14.5 Å². The first-order valence-electron chi connectivity index (χ1n) is 10.1. The molecule has 1 N–H and O–H groups in total. The molecule has 168 valence electrons. The van der Waals surface area contributed by atoms with Crippen LogP contribution in [0.15, 0.2) is 48.5 Å². The predicted molar refractivity (Wildman–Crippen MR) is 116 cm³/mol. The highest BCUT2D eigenvalue weighted by Crippen LogP contribution is 2.17. The number of hydrogen-bond acceptors (Lipinski definition) is 4. The van der Waals surface area contributed by atoms with Crippen molar-refractivity contribution in [3.63, 3.8) is 0 Å². The minimum Gasteiger partial charge on any atom is -0.435 e. The molecule has 31 heavy (non-hydrogen) atoms. The zero-order valence-electron chi connectivity index (χ0n) is 18.3. The van der Waals surface area contributed by atoms with Gasteiger partial charge in [-0.2, -0.15) is 8.78 Å². The van der Waals surface area contributed by atoms with Crippen molar-refractivity contribution in [1.82, 2.24) is 9.80 Å². The summed E-state index contributed by atoms with van der Waals surface area (Å²) in [4.78, 5) is 28.4. The summed E-state index contributed by atoms with van der Waals surface area (Å²) in [5.74, 6) is -0.374. The zero-order valence-corrected chi connectivity index (χ0v) is 18.3. The molecule has 8 heteroatoms. The molecule has 1 unspecified atom stereocenters. The van der Waals surface area contributed by atoms with Crippen molar-refractivity contribution in [2.75, 3.05) is 26.0 Å². The van der Waals surface area contributed by atoms with Crippen LogP contribution in [0, 0.1) is 0 Å². The third kappa shape index (κ3) is 7.32. The van der Waals surface area contributed by atoms with Crippen molar-refractivity contribution >= 4 is 17.5 Å². The summed E-state index contributed by atoms with van der Waals surface area (Å²) in [6.07, 6.45) is 0.794. The van der Waals surface area contributed by atoms with Gasteiger partial charge in [0.15, 0.2) is 0 Å². The normalized spacial score (nSPS) is 12.0. The molecule has 0 radical (unpaired) electrons. The molecule has 0 aliphatic heterocycles. The Hall–Kier alpha value is -3.00. The first-order chi connectivity index (χ1) is 14.7. The molecule has 0 aromatic heterocycles. The van der Waals surface area contributed by atoms with Crippen LogP contribution in [0.3, 0.4) is 0 Å². The van der Waals surface area contributed by atoms with E-state index in [4.69, 9.17) is 0 Å². The van der Waals surface area contributed by atoms with Crippen molar-refractivity contribution in [2.24, 2.45) is 0 Å². The standard InChI is InChI=1S/C23H29F2N3O3/c1-5-18-8-6-7-9-20(18)26-21(29)15-28(4)22(30)16(2)27(3)14-17-10-12-19(13-11-17)31-23(24)25/h6-13,16,23H,5,14-15H2,1-4H3,(H,26,29). The van der Waals surface area contributed by atoms with Crippen molar-refractivity contribution in [3.05, 3.63) is 59.7 Å². The third-order valence-electron chi connectivity index (χ3n) is 5.03. The summed E-state index contributed by atoms with van der Waals surface area (Å²) in [5.41, 5.74) is 2.63. The molecule has 2 amide bonds. The highest BCUT2D eigenvalue weighted by atomic mass is 19.3. The van der Waals surface area contributed by atoms with Gasteiger partial charge in [0.05, 0.1) is 12.6 Å². The molecule has 0 saturated heterocycles. The second kappa shape index (κ2) is 11.4. The Morgan fingerprint density at radius 3 is 2.32 bits per heavy atom. The summed E-state index contributed by atoms with van der Waals surface area (Å²) in [6, 6.07) is 13.4. The first-order valence-corrected chi connectivity index (χ1v) is 10.1. The van der Waals surface area contributed by atoms with E-state index >= 15 is 0 Å². The van der Waals surface area contributed by atoms with Gasteiger partial charge in [-0.1, -0.05) is 37.3 Å². The molecule has 0 bridgehead atoms. The number of anilines is 1. The highest BCUT2D eigenvalue weighted by molar-refractivity contribution is 5.95. The number of likely N-dealkylation sites (N-methyl/N-ethyl adjacent to an activating group) is 2. The van der Waals surface area contributed by atoms with Gasteiger partial charge in [0, 0.05) is 19.3 Å². The SMILES string of the molecule is CCc1ccccc1NC(=O)CN(C)C(=O)C(C)N(C)Cc1ccc(OC(F)F)cc1. The Labute approximate surface area is 181 Å². The topological polar surface area (TPSA) is 61.9 Å². The maximum atomic E-state index is 12.8. The number of hydrogen-bond donors (Lipinski definition) is 1. The quantitative estimate of drug-likeness (QED) is 0.620. The number of ether oxygens (including phenoxy) is 1. The van der Waals surface area contributed by atoms with Crippen LogP contribution in [0.5, 0.6) is 5.75 Å². The Morgan fingerprint density at radius 2 is 1.71 bits per heavy atom. The number of nitrogens with zero attached hydrogens (tertiary/aromatic N) is 2. The van der Waals surface area contributed by atoms with E-state index in [2.05, 4.69) is 10.1 Å². The number of halogens is 2. The van der Waals surface area contributed by atoms with Gasteiger partial charge in [-0.05, 0) is 49.7 Å². The van der Waals surface area contributed by atoms with Crippen molar-refractivity contribution in [1.29, 1.82) is 0 Å². The van der Waals surface area contributed by atoms with Crippen molar-refractivity contribution in [3.8, 4) is 5.75 Å². The Morgan fingerprint density at radius 1 is 1.06 bits per heavy atom. The molecule has 0 fully saturated rings. The molecule has 0 heterocycles. The number of alkyl halides is 2. The molecule has 1 atom stereocenters. The lowest BCUT2D eigenvalue weighted by Gasteiger charge is -2.28. The van der Waals surface area contributed by atoms with Gasteiger partial charge >= 0.3 is 6.61 Å². The fraction of sp³-hybridized carbons (Fsp3) is 0.391. The second-order valence-electron chi connectivity index (χ2n) is 7.37. The molecular weight excluding hydrogens is 404 g/mol. The Kier molecular flexibility index (Phi) is 8.93. The van der Waals surface area contributed by atoms with E-state index in [9.17, 15) is 18.4 Å². The highest BCUT2D eigenvalue weighted by Gasteiger charge is 2.23. The average Bonchev–Trinajstić information content (AvgIpc) is 2.73. The number of carbonyl (C=O) groups is 2. The van der Waals surface area contributed by atoms with E-state index in [1.165, 1.54) is 17.0 Å². The number of para-hydroxylation sites is 1. The van der Waals surface area contributed by atoms with E-state index < -0.39 is 12.7 Å². The predicted octanol–water partition coefficient (Wildman–Crippen LogP) is 3.77. The first kappa shape index (κ1) is 24.3. The number of amides is 2. The summed E-state index contributed by atoms with van der Waals surface area (Å²) >= 11 is 0. The number of benzene rings is 2. The van der Waals surface area contributed by atoms with E-state index in [1.807, 2.05) is 36.1 Å². The average molecular weight is 433 g/mol. The Balaban J connectivity index is 1.89. The fourth-order valence-corrected chi connectivity index (χ4v) is 3.14. The number of carbonyl (C=O) groups excluding carboxylic acids is 2. The molecule has 2 rings (SSSR count). The summed E-state index contributed by atoms with van der Waals surface area (Å²) in [7, 11) is 3.38. The van der Waals surface area contributed by atoms with Gasteiger partial charge in [0.25, 0.3) is 0 Å². The van der Waals surface area contributed by atoms with Crippen LogP contribution < -0.4 is 10.1 Å². The van der Waals surface area contributed by atoms with Gasteiger partial charge in [-0.15, -0.1) is 0 Å². The Bertz CT molecular complexity index is 875. The van der Waals surface area contributed by atoms with E-state index in [0.717, 1.165) is 23.2 Å². The van der Waals surface area contributed by atoms with Gasteiger partial charge < -0.3 is 15.0 Å². The van der Waals surface area contributed by atoms with E-state index in [0.29, 0.717) is 6.54 Å². The van der Waals surface area contributed by atoms with Crippen molar-refractivity contribution < 1.29 is 23.1 Å². The molecule has 0 spiro atoms. The lowest BCUT2D eigenvalue weighted by molar-refractivity contribution is -0.137. The van der Waals surface area contributed by atoms with E-state index in [1.54, 1.807) is 33.2 Å². The van der Waals surface area contributed by atoms with Crippen LogP contribution in [0.4, 0.5) is 14.5 Å². The largest absolute Gasteiger partial charge is 0.435 e. The van der Waals surface area contributed by atoms with Crippen LogP contribution in [0.1, 0.15) is 25.0 Å². The van der Waals surface area contributed by atoms with Crippen LogP contribution in [-0.4, -0.2) is 54.9 Å². The second-order valence-corrected chi connectivity index (χ2v) is 7.37. The molecule has 0 aliphatic carbocycles. The van der Waals surface area contributed by atoms with Crippen LogP contribution in [0.2, 0.25) is 0 Å². The molecule has 6 nitrogen and oxygen atoms in total. The summed E-state index contributed by atoms with van der Waals surface area (Å²) < 4.78 is 28.8. The lowest BCUT2D eigenvalue weighted by Crippen LogP contribution is -2.46. The van der Waals surface area contributed by atoms with Crippen LogP contribution in [-0.2, 0) is 22.6 Å². The van der Waals surface area contributed by atoms with Crippen LogP contribution in [0.25, 0.3) is 0 Å². The summed E-state index contributed by atoms with van der Waals surface area (Å²) in [6.45, 7) is 1.28. The number of nitrogens with one attached hydrogen (secondary N) is 1.